The van der Waals surface area contributed by atoms with E-state index in [1.165, 1.54) is 4.90 Å². The van der Waals surface area contributed by atoms with Crippen LogP contribution in [-0.2, 0) is 11.3 Å². The van der Waals surface area contributed by atoms with Gasteiger partial charge in [-0.2, -0.15) is 0 Å². The van der Waals surface area contributed by atoms with Gasteiger partial charge in [0.1, 0.15) is 6.04 Å². The number of hydrogen-bond acceptors (Lipinski definition) is 2. The predicted octanol–water partition coefficient (Wildman–Crippen LogP) is 1.17. The highest BCUT2D eigenvalue weighted by molar-refractivity contribution is 5.98. The third kappa shape index (κ3) is 2.08. The number of carbonyl (C=O) groups is 2. The van der Waals surface area contributed by atoms with E-state index in [1.807, 2.05) is 24.3 Å². The second kappa shape index (κ2) is 4.45. The van der Waals surface area contributed by atoms with E-state index < -0.39 is 6.04 Å². The summed E-state index contributed by atoms with van der Waals surface area (Å²) in [7, 11) is 1.56. The molecule has 1 aromatic rings. The lowest BCUT2D eigenvalue weighted by molar-refractivity contribution is -0.119. The molecule has 0 bridgehead atoms. The second-order valence-electron chi connectivity index (χ2n) is 4.01. The molecule has 1 aliphatic rings. The molecule has 0 saturated heterocycles. The molecule has 17 heavy (non-hydrogen) atoms. The molecule has 2 N–H and O–H groups in total. The lowest BCUT2D eigenvalue weighted by Crippen LogP contribution is -2.46. The van der Waals surface area contributed by atoms with Crippen LogP contribution in [0.15, 0.2) is 24.3 Å². The first kappa shape index (κ1) is 11.4. The topological polar surface area (TPSA) is 61.4 Å². The Labute approximate surface area is 99.8 Å². The average Bonchev–Trinajstić information content (AvgIpc) is 2.47. The van der Waals surface area contributed by atoms with Crippen LogP contribution in [0, 0.1) is 0 Å². The fraction of sp³-hybridized carbons (Fsp3) is 0.333. The summed E-state index contributed by atoms with van der Waals surface area (Å²) in [6, 6.07) is 6.77. The average molecular weight is 233 g/mol. The van der Waals surface area contributed by atoms with Gasteiger partial charge in [-0.1, -0.05) is 18.2 Å². The fourth-order valence-corrected chi connectivity index (χ4v) is 1.87. The molecule has 90 valence electrons. The van der Waals surface area contributed by atoms with Gasteiger partial charge in [-0.3, -0.25) is 4.79 Å². The van der Waals surface area contributed by atoms with Crippen LogP contribution in [0.3, 0.4) is 0 Å². The molecule has 0 saturated carbocycles. The maximum absolute atomic E-state index is 11.9. The first-order chi connectivity index (χ1) is 8.13. The van der Waals surface area contributed by atoms with Gasteiger partial charge >= 0.3 is 6.03 Å². The lowest BCUT2D eigenvalue weighted by Gasteiger charge is -2.25. The van der Waals surface area contributed by atoms with Crippen molar-refractivity contribution in [3.05, 3.63) is 29.8 Å². The zero-order valence-electron chi connectivity index (χ0n) is 9.86. The molecular weight excluding hydrogens is 218 g/mol. The number of rotatable bonds is 0. The van der Waals surface area contributed by atoms with Crippen molar-refractivity contribution in [1.29, 1.82) is 0 Å². The van der Waals surface area contributed by atoms with Gasteiger partial charge in [-0.15, -0.1) is 0 Å². The molecule has 1 unspecified atom stereocenters. The van der Waals surface area contributed by atoms with E-state index in [4.69, 9.17) is 0 Å². The minimum atomic E-state index is -0.484. The summed E-state index contributed by atoms with van der Waals surface area (Å²) in [4.78, 5) is 25.1. The summed E-state index contributed by atoms with van der Waals surface area (Å²) in [5.74, 6) is -0.168. The van der Waals surface area contributed by atoms with E-state index in [2.05, 4.69) is 10.6 Å². The molecular formula is C12H15N3O2. The highest BCUT2D eigenvalue weighted by atomic mass is 16.2. The lowest BCUT2D eigenvalue weighted by atomic mass is 10.2. The Morgan fingerprint density at radius 3 is 2.88 bits per heavy atom. The third-order valence-electron chi connectivity index (χ3n) is 2.94. The quantitative estimate of drug-likeness (QED) is 0.706. The summed E-state index contributed by atoms with van der Waals surface area (Å²) in [6.45, 7) is 2.15. The number of nitrogens with one attached hydrogen (secondary N) is 2. The zero-order valence-corrected chi connectivity index (χ0v) is 9.86. The van der Waals surface area contributed by atoms with Gasteiger partial charge in [-0.25, -0.2) is 4.79 Å². The number of carbonyl (C=O) groups excluding carboxylic acids is 2. The smallest absolute Gasteiger partial charge is 0.318 e. The van der Waals surface area contributed by atoms with Crippen LogP contribution < -0.4 is 10.6 Å². The standard InChI is InChI=1S/C12H15N3O2/c1-8-11(16)14-10-6-4-3-5-9(10)7-15(8)12(17)13-2/h3-6,8H,7H2,1-2H3,(H,13,17)(H,14,16). The number of hydrogen-bond donors (Lipinski definition) is 2. The van der Waals surface area contributed by atoms with Crippen molar-refractivity contribution in [3.63, 3.8) is 0 Å². The van der Waals surface area contributed by atoms with Gasteiger partial charge < -0.3 is 15.5 Å². The van der Waals surface area contributed by atoms with Crippen molar-refractivity contribution >= 4 is 17.6 Å². The summed E-state index contributed by atoms with van der Waals surface area (Å²) in [5, 5.41) is 5.37. The number of para-hydroxylation sites is 1. The number of urea groups is 1. The number of benzene rings is 1. The van der Waals surface area contributed by atoms with Crippen LogP contribution in [-0.4, -0.2) is 29.9 Å². The molecule has 5 heteroatoms. The Kier molecular flexibility index (Phi) is 2.99. The Morgan fingerprint density at radius 2 is 2.18 bits per heavy atom. The van der Waals surface area contributed by atoms with E-state index in [-0.39, 0.29) is 11.9 Å². The number of fused-ring (bicyclic) bond motifs is 1. The molecule has 2 rings (SSSR count). The Bertz CT molecular complexity index is 459. The monoisotopic (exact) mass is 233 g/mol. The number of anilines is 1. The molecule has 1 heterocycles. The van der Waals surface area contributed by atoms with Gasteiger partial charge in [0.05, 0.1) is 6.54 Å². The third-order valence-corrected chi connectivity index (χ3v) is 2.94. The van der Waals surface area contributed by atoms with Crippen LogP contribution in [0.5, 0.6) is 0 Å². The van der Waals surface area contributed by atoms with Crippen LogP contribution in [0.1, 0.15) is 12.5 Å². The highest BCUT2D eigenvalue weighted by Gasteiger charge is 2.29. The minimum Gasteiger partial charge on any atom is -0.341 e. The highest BCUT2D eigenvalue weighted by Crippen LogP contribution is 2.22. The van der Waals surface area contributed by atoms with Crippen molar-refractivity contribution < 1.29 is 9.59 Å². The van der Waals surface area contributed by atoms with E-state index >= 15 is 0 Å². The molecule has 0 fully saturated rings. The first-order valence-electron chi connectivity index (χ1n) is 5.50. The Balaban J connectivity index is 2.38. The maximum Gasteiger partial charge on any atom is 0.318 e. The van der Waals surface area contributed by atoms with Crippen LogP contribution in [0.4, 0.5) is 10.5 Å². The van der Waals surface area contributed by atoms with Gasteiger partial charge in [0, 0.05) is 12.7 Å². The first-order valence-corrected chi connectivity index (χ1v) is 5.50. The van der Waals surface area contributed by atoms with E-state index in [9.17, 15) is 9.59 Å². The van der Waals surface area contributed by atoms with E-state index in [0.29, 0.717) is 6.54 Å². The van der Waals surface area contributed by atoms with Crippen LogP contribution in [0.25, 0.3) is 0 Å². The van der Waals surface area contributed by atoms with Gasteiger partial charge in [-0.05, 0) is 18.6 Å². The van der Waals surface area contributed by atoms with Gasteiger partial charge in [0.25, 0.3) is 0 Å². The summed E-state index contributed by atoms with van der Waals surface area (Å²) in [6.07, 6.45) is 0. The maximum atomic E-state index is 11.9. The second-order valence-corrected chi connectivity index (χ2v) is 4.01. The summed E-state index contributed by atoms with van der Waals surface area (Å²) < 4.78 is 0. The van der Waals surface area contributed by atoms with Crippen molar-refractivity contribution in [2.24, 2.45) is 0 Å². The summed E-state index contributed by atoms with van der Waals surface area (Å²) >= 11 is 0. The van der Waals surface area contributed by atoms with Gasteiger partial charge in [0.15, 0.2) is 0 Å². The largest absolute Gasteiger partial charge is 0.341 e. The Hall–Kier alpha value is -2.04. The van der Waals surface area contributed by atoms with E-state index in [1.54, 1.807) is 14.0 Å². The van der Waals surface area contributed by atoms with Gasteiger partial charge in [0.2, 0.25) is 5.91 Å². The predicted molar refractivity (Wildman–Crippen MR) is 64.5 cm³/mol. The molecule has 1 aliphatic heterocycles. The van der Waals surface area contributed by atoms with Crippen LogP contribution in [0.2, 0.25) is 0 Å². The normalized spacial score (nSPS) is 19.1. The van der Waals surface area contributed by atoms with Crippen molar-refractivity contribution in [3.8, 4) is 0 Å². The Morgan fingerprint density at radius 1 is 1.47 bits per heavy atom. The number of nitrogens with zero attached hydrogens (tertiary/aromatic N) is 1. The zero-order chi connectivity index (χ0) is 12.4. The molecule has 0 aliphatic carbocycles. The van der Waals surface area contributed by atoms with E-state index in [0.717, 1.165) is 11.3 Å². The molecule has 1 aromatic carbocycles. The van der Waals surface area contributed by atoms with Crippen molar-refractivity contribution in [2.75, 3.05) is 12.4 Å². The number of amides is 3. The molecule has 1 atom stereocenters. The SMILES string of the molecule is CNC(=O)N1Cc2ccccc2NC(=O)C1C. The molecule has 5 nitrogen and oxygen atoms in total. The minimum absolute atomic E-state index is 0.168. The van der Waals surface area contributed by atoms with Crippen LogP contribution >= 0.6 is 0 Å². The van der Waals surface area contributed by atoms with Crippen molar-refractivity contribution in [2.45, 2.75) is 19.5 Å². The molecule has 0 spiro atoms. The molecule has 0 aromatic heterocycles. The molecule has 3 amide bonds. The summed E-state index contributed by atoms with van der Waals surface area (Å²) in [5.41, 5.74) is 1.71. The molecule has 0 radical (unpaired) electrons. The fourth-order valence-electron chi connectivity index (χ4n) is 1.87. The van der Waals surface area contributed by atoms with Crippen molar-refractivity contribution in [1.82, 2.24) is 10.2 Å².